The van der Waals surface area contributed by atoms with Crippen LogP contribution in [0, 0.1) is 0 Å². The normalized spacial score (nSPS) is 12.0. The van der Waals surface area contributed by atoms with Gasteiger partial charge in [0.05, 0.1) is 12.8 Å². The summed E-state index contributed by atoms with van der Waals surface area (Å²) >= 11 is 0. The van der Waals surface area contributed by atoms with Crippen LogP contribution in [0.2, 0.25) is 0 Å². The highest BCUT2D eigenvalue weighted by Gasteiger charge is 2.05. The van der Waals surface area contributed by atoms with Crippen molar-refractivity contribution in [3.8, 4) is 17.2 Å². The van der Waals surface area contributed by atoms with Crippen molar-refractivity contribution >= 4 is 12.1 Å². The predicted molar refractivity (Wildman–Crippen MR) is 106 cm³/mol. The maximum absolute atomic E-state index is 11.8. The Balaban J connectivity index is 1.81. The first-order valence-corrected chi connectivity index (χ1v) is 9.04. The number of nitrogens with one attached hydrogen (secondary N) is 1. The standard InChI is InChI=1S/C21H26N2O4/c1-4-15(3)16-6-9-18(10-7-16)27-14-21(25)23-22-13-17-8-11-19(26-5-2)12-20(17)24/h6-13,15,24H,4-5,14H2,1-3H3,(H,23,25)/b22-13+/t15-/m1/s1. The average molecular weight is 370 g/mol. The van der Waals surface area contributed by atoms with Crippen LogP contribution >= 0.6 is 0 Å². The number of hydrogen-bond donors (Lipinski definition) is 2. The van der Waals surface area contributed by atoms with Crippen LogP contribution in [-0.4, -0.2) is 30.4 Å². The number of ether oxygens (including phenoxy) is 2. The number of benzene rings is 2. The molecule has 0 aromatic heterocycles. The van der Waals surface area contributed by atoms with Gasteiger partial charge in [0.15, 0.2) is 6.61 Å². The summed E-state index contributed by atoms with van der Waals surface area (Å²) in [5.74, 6) is 1.34. The van der Waals surface area contributed by atoms with Crippen molar-refractivity contribution in [2.75, 3.05) is 13.2 Å². The summed E-state index contributed by atoms with van der Waals surface area (Å²) in [4.78, 5) is 11.8. The van der Waals surface area contributed by atoms with Gasteiger partial charge in [-0.1, -0.05) is 26.0 Å². The number of rotatable bonds is 9. The van der Waals surface area contributed by atoms with Gasteiger partial charge in [0, 0.05) is 11.6 Å². The Hall–Kier alpha value is -3.02. The van der Waals surface area contributed by atoms with Crippen LogP contribution in [0.3, 0.4) is 0 Å². The molecule has 2 aromatic carbocycles. The highest BCUT2D eigenvalue weighted by molar-refractivity contribution is 5.85. The second-order valence-corrected chi connectivity index (χ2v) is 6.11. The van der Waals surface area contributed by atoms with E-state index in [4.69, 9.17) is 9.47 Å². The Kier molecular flexibility index (Phi) is 7.67. The molecule has 2 aromatic rings. The lowest BCUT2D eigenvalue weighted by molar-refractivity contribution is -0.123. The average Bonchev–Trinajstić information content (AvgIpc) is 2.68. The summed E-state index contributed by atoms with van der Waals surface area (Å²) < 4.78 is 10.7. The molecule has 1 amide bonds. The molecule has 0 aliphatic heterocycles. The summed E-state index contributed by atoms with van der Waals surface area (Å²) in [5.41, 5.74) is 4.09. The van der Waals surface area contributed by atoms with Crippen LogP contribution in [0.25, 0.3) is 0 Å². The molecule has 2 N–H and O–H groups in total. The number of hydrazone groups is 1. The van der Waals surface area contributed by atoms with Crippen LogP contribution in [0.5, 0.6) is 17.2 Å². The number of phenolic OH excluding ortho intramolecular Hbond substituents is 1. The molecule has 6 heteroatoms. The molecule has 144 valence electrons. The lowest BCUT2D eigenvalue weighted by Crippen LogP contribution is -2.24. The van der Waals surface area contributed by atoms with Crippen molar-refractivity contribution in [1.29, 1.82) is 0 Å². The molecule has 0 spiro atoms. The molecule has 2 rings (SSSR count). The van der Waals surface area contributed by atoms with E-state index in [1.807, 2.05) is 31.2 Å². The third-order valence-corrected chi connectivity index (χ3v) is 4.14. The van der Waals surface area contributed by atoms with E-state index >= 15 is 0 Å². The van der Waals surface area contributed by atoms with Crippen molar-refractivity contribution < 1.29 is 19.4 Å². The predicted octanol–water partition coefficient (Wildman–Crippen LogP) is 3.83. The van der Waals surface area contributed by atoms with Gasteiger partial charge in [-0.2, -0.15) is 5.10 Å². The molecule has 0 saturated carbocycles. The van der Waals surface area contributed by atoms with E-state index in [-0.39, 0.29) is 18.3 Å². The van der Waals surface area contributed by atoms with Crippen LogP contribution in [0.4, 0.5) is 0 Å². The maximum Gasteiger partial charge on any atom is 0.277 e. The third kappa shape index (κ3) is 6.33. The van der Waals surface area contributed by atoms with Crippen LogP contribution in [0.1, 0.15) is 44.2 Å². The van der Waals surface area contributed by atoms with Crippen LogP contribution < -0.4 is 14.9 Å². The summed E-state index contributed by atoms with van der Waals surface area (Å²) in [6.45, 7) is 6.55. The van der Waals surface area contributed by atoms with E-state index in [2.05, 4.69) is 24.4 Å². The molecule has 0 aliphatic carbocycles. The Labute approximate surface area is 159 Å². The number of amides is 1. The summed E-state index contributed by atoms with van der Waals surface area (Å²) in [5, 5.41) is 13.7. The number of carbonyl (C=O) groups is 1. The molecule has 1 atom stereocenters. The largest absolute Gasteiger partial charge is 0.507 e. The molecule has 6 nitrogen and oxygen atoms in total. The van der Waals surface area contributed by atoms with Gasteiger partial charge in [-0.3, -0.25) is 4.79 Å². The van der Waals surface area contributed by atoms with Crippen LogP contribution in [-0.2, 0) is 4.79 Å². The van der Waals surface area contributed by atoms with Gasteiger partial charge in [-0.15, -0.1) is 0 Å². The fraction of sp³-hybridized carbons (Fsp3) is 0.333. The van der Waals surface area contributed by atoms with E-state index < -0.39 is 0 Å². The number of nitrogens with zero attached hydrogens (tertiary/aromatic N) is 1. The summed E-state index contributed by atoms with van der Waals surface area (Å²) in [7, 11) is 0. The minimum absolute atomic E-state index is 0.0246. The van der Waals surface area contributed by atoms with E-state index in [1.54, 1.807) is 12.1 Å². The molecule has 0 saturated heterocycles. The second kappa shape index (κ2) is 10.2. The second-order valence-electron chi connectivity index (χ2n) is 6.11. The first kappa shape index (κ1) is 20.3. The lowest BCUT2D eigenvalue weighted by atomic mass is 9.99. The highest BCUT2D eigenvalue weighted by atomic mass is 16.5. The third-order valence-electron chi connectivity index (χ3n) is 4.14. The van der Waals surface area contributed by atoms with E-state index in [9.17, 15) is 9.90 Å². The first-order chi connectivity index (χ1) is 13.0. The fourth-order valence-corrected chi connectivity index (χ4v) is 2.37. The quantitative estimate of drug-likeness (QED) is 0.519. The molecular formula is C21H26N2O4. The Morgan fingerprint density at radius 2 is 1.85 bits per heavy atom. The Morgan fingerprint density at radius 1 is 1.15 bits per heavy atom. The fourth-order valence-electron chi connectivity index (χ4n) is 2.37. The summed E-state index contributed by atoms with van der Waals surface area (Å²) in [6.07, 6.45) is 2.44. The zero-order valence-corrected chi connectivity index (χ0v) is 15.9. The molecule has 27 heavy (non-hydrogen) atoms. The molecule has 0 radical (unpaired) electrons. The van der Waals surface area contributed by atoms with Gasteiger partial charge in [0.2, 0.25) is 0 Å². The smallest absolute Gasteiger partial charge is 0.277 e. The zero-order chi connectivity index (χ0) is 19.6. The Bertz CT molecular complexity index is 772. The van der Waals surface area contributed by atoms with Crippen molar-refractivity contribution in [2.24, 2.45) is 5.10 Å². The highest BCUT2D eigenvalue weighted by Crippen LogP contribution is 2.22. The number of carbonyl (C=O) groups excluding carboxylic acids is 1. The van der Waals surface area contributed by atoms with Crippen LogP contribution in [0.15, 0.2) is 47.6 Å². The van der Waals surface area contributed by atoms with E-state index in [1.165, 1.54) is 17.8 Å². The van der Waals surface area contributed by atoms with Crippen molar-refractivity contribution in [1.82, 2.24) is 5.43 Å². The molecule has 0 unspecified atom stereocenters. The van der Waals surface area contributed by atoms with Crippen molar-refractivity contribution in [3.05, 3.63) is 53.6 Å². The number of hydrogen-bond acceptors (Lipinski definition) is 5. The lowest BCUT2D eigenvalue weighted by Gasteiger charge is -2.10. The molecular weight excluding hydrogens is 344 g/mol. The zero-order valence-electron chi connectivity index (χ0n) is 15.9. The minimum atomic E-state index is -0.386. The molecule has 0 fully saturated rings. The first-order valence-electron chi connectivity index (χ1n) is 9.04. The minimum Gasteiger partial charge on any atom is -0.507 e. The molecule has 0 bridgehead atoms. The van der Waals surface area contributed by atoms with Gasteiger partial charge in [-0.05, 0) is 49.1 Å². The van der Waals surface area contributed by atoms with Gasteiger partial charge in [0.1, 0.15) is 17.2 Å². The monoisotopic (exact) mass is 370 g/mol. The molecule has 0 heterocycles. The number of phenols is 1. The van der Waals surface area contributed by atoms with E-state index in [0.717, 1.165) is 6.42 Å². The van der Waals surface area contributed by atoms with Gasteiger partial charge in [-0.25, -0.2) is 5.43 Å². The summed E-state index contributed by atoms with van der Waals surface area (Å²) in [6, 6.07) is 12.6. The topological polar surface area (TPSA) is 80.2 Å². The van der Waals surface area contributed by atoms with Crippen molar-refractivity contribution in [3.63, 3.8) is 0 Å². The van der Waals surface area contributed by atoms with E-state index in [0.29, 0.717) is 29.6 Å². The van der Waals surface area contributed by atoms with Gasteiger partial charge >= 0.3 is 0 Å². The van der Waals surface area contributed by atoms with Gasteiger partial charge < -0.3 is 14.6 Å². The van der Waals surface area contributed by atoms with Crippen molar-refractivity contribution in [2.45, 2.75) is 33.1 Å². The van der Waals surface area contributed by atoms with Gasteiger partial charge in [0.25, 0.3) is 5.91 Å². The maximum atomic E-state index is 11.8. The Morgan fingerprint density at radius 3 is 2.48 bits per heavy atom. The SMILES string of the molecule is CCOc1ccc(/C=N/NC(=O)COc2ccc([C@H](C)CC)cc2)c(O)c1. The molecule has 0 aliphatic rings. The number of aromatic hydroxyl groups is 1.